The van der Waals surface area contributed by atoms with Crippen molar-refractivity contribution in [2.24, 2.45) is 17.4 Å². The molecule has 4 amide bonds. The first-order chi connectivity index (χ1) is 17.4. The van der Waals surface area contributed by atoms with Gasteiger partial charge in [-0.3, -0.25) is 19.2 Å². The van der Waals surface area contributed by atoms with Crippen LogP contribution in [0.25, 0.3) is 0 Å². The van der Waals surface area contributed by atoms with Crippen LogP contribution in [0.4, 0.5) is 0 Å². The third kappa shape index (κ3) is 12.6. The minimum absolute atomic E-state index is 0.0160. The fourth-order valence-electron chi connectivity index (χ4n) is 3.51. The van der Waals surface area contributed by atoms with Crippen molar-refractivity contribution in [3.8, 4) is 0 Å². The zero-order chi connectivity index (χ0) is 28.0. The number of primary amides is 1. The van der Waals surface area contributed by atoms with Crippen molar-refractivity contribution in [3.05, 3.63) is 35.9 Å². The summed E-state index contributed by atoms with van der Waals surface area (Å²) in [4.78, 5) is 61.6. The molecule has 12 heteroatoms. The summed E-state index contributed by atoms with van der Waals surface area (Å²) in [5.41, 5.74) is 11.7. The van der Waals surface area contributed by atoms with E-state index in [0.717, 1.165) is 5.56 Å². The second kappa shape index (κ2) is 16.6. The van der Waals surface area contributed by atoms with Crippen molar-refractivity contribution in [3.63, 3.8) is 0 Å². The van der Waals surface area contributed by atoms with Gasteiger partial charge >= 0.3 is 5.97 Å². The maximum Gasteiger partial charge on any atom is 0.326 e. The molecule has 0 aromatic heterocycles. The Morgan fingerprint density at radius 3 is 2.00 bits per heavy atom. The molecule has 37 heavy (non-hydrogen) atoms. The first-order valence-electron chi connectivity index (χ1n) is 12.1. The van der Waals surface area contributed by atoms with E-state index >= 15 is 0 Å². The topological polar surface area (TPSA) is 194 Å². The van der Waals surface area contributed by atoms with Gasteiger partial charge in [0, 0.05) is 12.8 Å². The Morgan fingerprint density at radius 2 is 1.46 bits per heavy atom. The lowest BCUT2D eigenvalue weighted by molar-refractivity contribution is -0.142. The maximum atomic E-state index is 13.3. The van der Waals surface area contributed by atoms with E-state index in [0.29, 0.717) is 5.75 Å². The van der Waals surface area contributed by atoms with E-state index < -0.39 is 53.8 Å². The summed E-state index contributed by atoms with van der Waals surface area (Å²) >= 11 is 1.46. The number of amides is 4. The zero-order valence-electron chi connectivity index (χ0n) is 21.6. The zero-order valence-corrected chi connectivity index (χ0v) is 22.4. The number of nitrogens with one attached hydrogen (secondary N) is 3. The molecular weight excluding hydrogens is 498 g/mol. The number of carboxylic acid groups (broad SMARTS) is 1. The molecule has 4 atom stereocenters. The van der Waals surface area contributed by atoms with Gasteiger partial charge in [0.25, 0.3) is 0 Å². The molecule has 1 rings (SSSR count). The molecule has 0 aliphatic rings. The normalized spacial score (nSPS) is 14.2. The number of benzene rings is 1. The van der Waals surface area contributed by atoms with E-state index in [2.05, 4.69) is 16.0 Å². The van der Waals surface area contributed by atoms with Gasteiger partial charge in [-0.15, -0.1) is 0 Å². The van der Waals surface area contributed by atoms with Gasteiger partial charge in [-0.2, -0.15) is 11.8 Å². The highest BCUT2D eigenvalue weighted by Gasteiger charge is 2.30. The number of nitrogens with two attached hydrogens (primary N) is 2. The third-order valence-corrected chi connectivity index (χ3v) is 6.16. The number of hydrogen-bond acceptors (Lipinski definition) is 7. The van der Waals surface area contributed by atoms with Crippen LogP contribution in [0.2, 0.25) is 0 Å². The summed E-state index contributed by atoms with van der Waals surface area (Å²) in [6, 6.07) is 4.76. The minimum Gasteiger partial charge on any atom is -0.480 e. The highest BCUT2D eigenvalue weighted by Crippen LogP contribution is 2.10. The highest BCUT2D eigenvalue weighted by molar-refractivity contribution is 7.98. The fraction of sp³-hybridized carbons (Fsp3) is 0.560. The van der Waals surface area contributed by atoms with Gasteiger partial charge in [-0.05, 0) is 42.8 Å². The van der Waals surface area contributed by atoms with Gasteiger partial charge in [-0.25, -0.2) is 4.79 Å². The summed E-state index contributed by atoms with van der Waals surface area (Å²) in [6.07, 6.45) is 2.41. The molecule has 0 heterocycles. The number of aliphatic carboxylic acids is 1. The Hall–Kier alpha value is -3.12. The van der Waals surface area contributed by atoms with E-state index in [1.165, 1.54) is 11.8 Å². The monoisotopic (exact) mass is 537 g/mol. The summed E-state index contributed by atoms with van der Waals surface area (Å²) in [5.74, 6) is -3.06. The van der Waals surface area contributed by atoms with E-state index in [-0.39, 0.29) is 38.0 Å². The summed E-state index contributed by atoms with van der Waals surface area (Å²) in [5, 5.41) is 17.3. The quantitative estimate of drug-likeness (QED) is 0.162. The largest absolute Gasteiger partial charge is 0.480 e. The smallest absolute Gasteiger partial charge is 0.326 e. The number of rotatable bonds is 17. The van der Waals surface area contributed by atoms with Gasteiger partial charge in [0.05, 0.1) is 6.04 Å². The second-order valence-electron chi connectivity index (χ2n) is 9.23. The summed E-state index contributed by atoms with van der Waals surface area (Å²) < 4.78 is 0. The lowest BCUT2D eigenvalue weighted by Crippen LogP contribution is -2.58. The molecule has 0 bridgehead atoms. The Labute approximate surface area is 221 Å². The molecule has 0 aliphatic heterocycles. The molecule has 0 saturated heterocycles. The van der Waals surface area contributed by atoms with Crippen LogP contribution in [-0.4, -0.2) is 70.9 Å². The van der Waals surface area contributed by atoms with E-state index in [9.17, 15) is 29.1 Å². The molecular formula is C25H39N5O6S. The standard InChI is InChI=1S/C25H39N5O6S/c1-15(2)13-19(29-22(32)17(26)9-10-21(27)31)23(33)30-20(14-16-7-5-4-6-8-16)24(34)28-18(25(35)36)11-12-37-3/h4-8,15,17-20H,9-14,26H2,1-3H3,(H2,27,31)(H,28,34)(H,29,32)(H,30,33)(H,35,36). The van der Waals surface area contributed by atoms with Crippen LogP contribution in [0.15, 0.2) is 30.3 Å². The van der Waals surface area contributed by atoms with Crippen LogP contribution >= 0.6 is 11.8 Å². The lowest BCUT2D eigenvalue weighted by Gasteiger charge is -2.26. The van der Waals surface area contributed by atoms with Gasteiger partial charge in [0.2, 0.25) is 23.6 Å². The molecule has 0 aliphatic carbocycles. The predicted molar refractivity (Wildman–Crippen MR) is 142 cm³/mol. The molecule has 0 spiro atoms. The van der Waals surface area contributed by atoms with Crippen LogP contribution in [0.1, 0.15) is 45.1 Å². The highest BCUT2D eigenvalue weighted by atomic mass is 32.2. The SMILES string of the molecule is CSCCC(NC(=O)C(Cc1ccccc1)NC(=O)C(CC(C)C)NC(=O)C(N)CCC(N)=O)C(=O)O. The van der Waals surface area contributed by atoms with E-state index in [4.69, 9.17) is 11.5 Å². The van der Waals surface area contributed by atoms with Gasteiger partial charge < -0.3 is 32.5 Å². The average molecular weight is 538 g/mol. The van der Waals surface area contributed by atoms with E-state index in [1.54, 1.807) is 24.3 Å². The molecule has 11 nitrogen and oxygen atoms in total. The Bertz CT molecular complexity index is 914. The number of carbonyl (C=O) groups is 5. The number of thioether (sulfide) groups is 1. The van der Waals surface area contributed by atoms with Gasteiger partial charge in [0.1, 0.15) is 18.1 Å². The summed E-state index contributed by atoms with van der Waals surface area (Å²) in [6.45, 7) is 3.74. The first kappa shape index (κ1) is 31.9. The Morgan fingerprint density at radius 1 is 0.892 bits per heavy atom. The van der Waals surface area contributed by atoms with Crippen molar-refractivity contribution in [1.82, 2.24) is 16.0 Å². The Balaban J connectivity index is 3.07. The Kier molecular flexibility index (Phi) is 14.3. The predicted octanol–water partition coefficient (Wildman–Crippen LogP) is 0.160. The second-order valence-corrected chi connectivity index (χ2v) is 10.2. The van der Waals surface area contributed by atoms with Crippen molar-refractivity contribution in [2.75, 3.05) is 12.0 Å². The fourth-order valence-corrected chi connectivity index (χ4v) is 3.98. The van der Waals surface area contributed by atoms with Crippen LogP contribution in [0.5, 0.6) is 0 Å². The van der Waals surface area contributed by atoms with Crippen molar-refractivity contribution < 1.29 is 29.1 Å². The maximum absolute atomic E-state index is 13.3. The van der Waals surface area contributed by atoms with Crippen LogP contribution in [0, 0.1) is 5.92 Å². The third-order valence-electron chi connectivity index (χ3n) is 5.52. The number of carboxylic acids is 1. The van der Waals surface area contributed by atoms with E-state index in [1.807, 2.05) is 26.2 Å². The molecule has 1 aromatic rings. The van der Waals surface area contributed by atoms with Crippen LogP contribution < -0.4 is 27.4 Å². The van der Waals surface area contributed by atoms with Crippen molar-refractivity contribution >= 4 is 41.4 Å². The molecule has 4 unspecified atom stereocenters. The molecule has 8 N–H and O–H groups in total. The van der Waals surface area contributed by atoms with Crippen LogP contribution in [-0.2, 0) is 30.4 Å². The summed E-state index contributed by atoms with van der Waals surface area (Å²) in [7, 11) is 0. The molecule has 206 valence electrons. The lowest BCUT2D eigenvalue weighted by atomic mass is 10.00. The minimum atomic E-state index is -1.16. The molecule has 1 aromatic carbocycles. The number of carbonyl (C=O) groups excluding carboxylic acids is 4. The molecule has 0 fully saturated rings. The molecule has 0 radical (unpaired) electrons. The number of hydrogen-bond donors (Lipinski definition) is 6. The molecule has 0 saturated carbocycles. The average Bonchev–Trinajstić information content (AvgIpc) is 2.84. The van der Waals surface area contributed by atoms with Gasteiger partial charge in [0.15, 0.2) is 0 Å². The van der Waals surface area contributed by atoms with Crippen molar-refractivity contribution in [2.45, 2.75) is 70.1 Å². The first-order valence-corrected chi connectivity index (χ1v) is 13.5. The van der Waals surface area contributed by atoms with Crippen molar-refractivity contribution in [1.29, 1.82) is 0 Å². The van der Waals surface area contributed by atoms with Crippen LogP contribution in [0.3, 0.4) is 0 Å². The van der Waals surface area contributed by atoms with Gasteiger partial charge in [-0.1, -0.05) is 44.2 Å².